The van der Waals surface area contributed by atoms with E-state index in [-0.39, 0.29) is 89.1 Å². The minimum absolute atomic E-state index is 0. The molecule has 0 saturated heterocycles. The number of nitrogens with zero attached hydrogens (tertiary/aromatic N) is 66. The molecule has 5 rings (SSSR count). The SMILES string of the molecule is C.C.C.C.C.C.C.C.C.C.C.C.CCCc1cc2c(c(F)c1F)CC(CCC)CC2.CCCc1cc2ccc(CCC)c(C)c2c(F)c1F.CCCc1ccc(CCC)c(F)c1F.N/N=N/N=N/N=N/N=N/N=N/N.N=N/N=N/N=N/N=N/N=N/N.N=N/N=N/N=N/N=N/N=N/N=N/N=N/N=N/N=N/N=N/N.N=N/N=N/N=N/N=N/N=N/N=N/N=N/N=N/N=N/N=N/N=N.[N-]=[N+]=N.[N-]=[N+]=NN=[N+]=[N-]. The van der Waals surface area contributed by atoms with Gasteiger partial charge in [-0.05, 0) is 376 Å². The molecule has 0 heterocycles. The van der Waals surface area contributed by atoms with Gasteiger partial charge in [0.1, 0.15) is 0 Å². The van der Waals surface area contributed by atoms with E-state index in [0.29, 0.717) is 64.8 Å². The molecule has 0 fully saturated rings. The van der Waals surface area contributed by atoms with E-state index < -0.39 is 34.9 Å². The normalized spacial score (nSPS) is 11.9. The Morgan fingerprint density at radius 1 is 0.304 bits per heavy atom. The number of benzene rings is 4. The summed E-state index contributed by atoms with van der Waals surface area (Å²) in [7, 11) is 0. The second-order valence-corrected chi connectivity index (χ2v) is 19.9. The summed E-state index contributed by atoms with van der Waals surface area (Å²) < 4.78 is 83.1. The summed E-state index contributed by atoms with van der Waals surface area (Å²) in [6, 6.07) is 11.0. The second-order valence-electron chi connectivity index (χ2n) is 19.9. The summed E-state index contributed by atoms with van der Waals surface area (Å²) in [6.45, 7) is 14.0. The molecule has 81 heteroatoms. The van der Waals surface area contributed by atoms with Gasteiger partial charge in [0.2, 0.25) is 0 Å². The van der Waals surface area contributed by atoms with Crippen molar-refractivity contribution >= 4 is 10.8 Å². The van der Waals surface area contributed by atoms with Crippen LogP contribution >= 0.6 is 0 Å². The lowest BCUT2D eigenvalue weighted by Gasteiger charge is -2.25. The number of halogens is 6. The molecule has 0 aliphatic heterocycles. The Kier molecular flexibility index (Phi) is 137. The molecule has 0 saturated carbocycles. The molecule has 0 spiro atoms. The molecule has 138 heavy (non-hydrogen) atoms. The summed E-state index contributed by atoms with van der Waals surface area (Å²) >= 11 is 0. The Morgan fingerprint density at radius 3 is 0.761 bits per heavy atom. The van der Waals surface area contributed by atoms with Gasteiger partial charge in [-0.15, -0.1) is 11.1 Å². The van der Waals surface area contributed by atoms with Crippen molar-refractivity contribution in [1.82, 2.24) is 0 Å². The topological polar surface area (TPSA) is 1070 Å². The molecule has 0 aromatic heterocycles. The van der Waals surface area contributed by atoms with E-state index in [2.05, 4.69) is 360 Å². The van der Waals surface area contributed by atoms with Gasteiger partial charge in [0, 0.05) is 46.9 Å². The van der Waals surface area contributed by atoms with E-state index in [9.17, 15) is 26.3 Å². The summed E-state index contributed by atoms with van der Waals surface area (Å²) in [4.78, 5) is 6.01. The highest BCUT2D eigenvalue weighted by atomic mass is 19.2. The van der Waals surface area contributed by atoms with Gasteiger partial charge in [0.05, 0.1) is 5.22 Å². The first-order valence-electron chi connectivity index (χ1n) is 33.5. The first kappa shape index (κ1) is 157. The van der Waals surface area contributed by atoms with Gasteiger partial charge in [-0.3, -0.25) is 0 Å². The highest BCUT2D eigenvalue weighted by Gasteiger charge is 2.25. The fourth-order valence-corrected chi connectivity index (χ4v) is 8.27. The number of rotatable bonds is 40. The molecule has 1 aliphatic carbocycles. The van der Waals surface area contributed by atoms with Crippen molar-refractivity contribution in [3.8, 4) is 0 Å². The van der Waals surface area contributed by atoms with Gasteiger partial charge >= 0.3 is 0 Å². The molecule has 1 atom stereocenters. The van der Waals surface area contributed by atoms with Crippen LogP contribution in [0.3, 0.4) is 0 Å². The highest BCUT2D eigenvalue weighted by Crippen LogP contribution is 2.34. The van der Waals surface area contributed by atoms with Crippen LogP contribution in [0.25, 0.3) is 42.1 Å². The molecule has 764 valence electrons. The molecule has 1 aliphatic rings. The van der Waals surface area contributed by atoms with Crippen molar-refractivity contribution in [2.45, 2.75) is 234 Å². The van der Waals surface area contributed by atoms with Crippen LogP contribution in [0.2, 0.25) is 0 Å². The molecule has 75 nitrogen and oxygen atoms in total. The lowest BCUT2D eigenvalue weighted by Crippen LogP contribution is -2.17. The Hall–Kier alpha value is -18.5. The number of hydrogen-bond acceptors (Lipinski definition) is 9. The fraction of sp³-hybridized carbons (Fsp3) is 0.614. The van der Waals surface area contributed by atoms with Crippen molar-refractivity contribution in [3.05, 3.63) is 147 Å². The molecule has 1 unspecified atom stereocenters. The van der Waals surface area contributed by atoms with Crippen molar-refractivity contribution in [1.29, 1.82) is 27.7 Å². The molecular formula is C57H119F6N75. The second kappa shape index (κ2) is 120. The van der Waals surface area contributed by atoms with Crippen LogP contribution in [0, 0.1) is 75.4 Å². The predicted molar refractivity (Wildman–Crippen MR) is 479 cm³/mol. The monoisotopic (exact) mass is 1970 g/mol. The van der Waals surface area contributed by atoms with Crippen LogP contribution in [0.5, 0.6) is 0 Å². The maximum Gasteiger partial charge on any atom is 0.280 e. The van der Waals surface area contributed by atoms with E-state index >= 15 is 0 Å². The Morgan fingerprint density at radius 2 is 0.522 bits per heavy atom. The summed E-state index contributed by atoms with van der Waals surface area (Å²) in [5.41, 5.74) is 57.4. The lowest BCUT2D eigenvalue weighted by molar-refractivity contribution is 0.400. The van der Waals surface area contributed by atoms with Crippen molar-refractivity contribution in [2.75, 3.05) is 0 Å². The summed E-state index contributed by atoms with van der Waals surface area (Å²) in [5, 5.41) is 173. The zero-order chi connectivity index (χ0) is 94.2. The average molecular weight is 1970 g/mol. The van der Waals surface area contributed by atoms with Crippen LogP contribution in [-0.4, -0.2) is 0 Å². The molecule has 0 bridgehead atoms. The van der Waals surface area contributed by atoms with Gasteiger partial charge in [-0.1, -0.05) is 232 Å². The molecule has 4 aromatic carbocycles. The van der Waals surface area contributed by atoms with Crippen LogP contribution < -0.4 is 23.4 Å². The third-order valence-corrected chi connectivity index (χ3v) is 12.3. The highest BCUT2D eigenvalue weighted by molar-refractivity contribution is 5.88. The quantitative estimate of drug-likeness (QED) is 0.00523. The third kappa shape index (κ3) is 86.8. The molecule has 13 N–H and O–H groups in total. The first-order chi connectivity index (χ1) is 61.5. The standard InChI is InChI=1S/C17H20F2.C16H22F2.C12H16F2.12CH4.H2N22.H3N21.H4N12.H3N11.N6.HN3/c1-4-6-12-8-9-13-10-14(7-5-2)16(18)17(19)15(13)11(12)3;1-3-5-11-7-8-12-10-13(6-4-2)15(17)16(18)14(12)9-11;1-3-5-9-7-8-10(6-4-2)12(14)11(9)13;;;;;;;;;;;;;1-3-5-7-9-11-13-15-17-19-21-22-20-18-16-14-12-10-8-6-4-2;1-3-5-7-9-11-13-15-17-19-21-20-18-16-14-12-10-8-6-4-2;1-3-5-7-9-11-12-10-8-6-4-2;1-3-5-7-9-11-10-8-6-4-2;1-3-5-6-4-2;1-3-2/h8-10H,4-7H2,1-3H3;10-11H,3-9H2,1-2H3;7-8H,3-6H2,1-2H3;12*1H4;1-2H;(H3,1,2,5,6,9,10,13,14,17,18,21);(H2,1,4,5,8,9,12)(H2,2,3,6,7,10,11);(H3,1,2,5,6,9,10);;1H/b;;;;;;;;;;;;;;;3-1?,4-2?,7-5+,8-6+,11-9+,12-10+,15-13+,16-14+,19-17+,20-18+,22-21+;;;;;. The van der Waals surface area contributed by atoms with Crippen molar-refractivity contribution in [2.24, 2.45) is 343 Å². The Bertz CT molecular complexity index is 4680. The summed E-state index contributed by atoms with van der Waals surface area (Å²) in [5.74, 6) is 14.9. The number of nitrogens with one attached hydrogen (secondary N) is 5. The number of azide groups is 2. The molecule has 4 aromatic rings. The predicted octanol–water partition coefficient (Wildman–Crippen LogP) is 33.5. The Balaban J connectivity index is -0.0000000880. The maximum atomic E-state index is 14.3. The van der Waals surface area contributed by atoms with Crippen LogP contribution in [0.1, 0.15) is 227 Å². The zero-order valence-corrected chi connectivity index (χ0v) is 66.2. The largest absolute Gasteiger partial charge is 0.303 e. The summed E-state index contributed by atoms with van der Waals surface area (Å²) in [6.07, 6.45) is 12.7. The van der Waals surface area contributed by atoms with E-state index in [1.807, 2.05) is 52.8 Å². The number of aryl methyl sites for hydroxylation is 7. The number of hydrogen-bond donors (Lipinski definition) is 9. The van der Waals surface area contributed by atoms with E-state index in [1.165, 1.54) is 0 Å². The van der Waals surface area contributed by atoms with E-state index in [4.69, 9.17) is 44.2 Å². The third-order valence-electron chi connectivity index (χ3n) is 12.3. The molecular weight excluding hydrogens is 1850 g/mol. The van der Waals surface area contributed by atoms with Crippen LogP contribution in [-0.2, 0) is 44.9 Å². The fourth-order valence-electron chi connectivity index (χ4n) is 8.27. The first-order valence-corrected chi connectivity index (χ1v) is 33.5. The minimum Gasteiger partial charge on any atom is -0.303 e. The van der Waals surface area contributed by atoms with Gasteiger partial charge < -0.3 is 23.4 Å². The van der Waals surface area contributed by atoms with Crippen molar-refractivity contribution in [3.63, 3.8) is 0 Å². The molecule has 0 radical (unpaired) electrons. The van der Waals surface area contributed by atoms with E-state index in [0.717, 1.165) is 92.7 Å². The minimum atomic E-state index is -0.684. The lowest BCUT2D eigenvalue weighted by atomic mass is 9.80. The van der Waals surface area contributed by atoms with Crippen LogP contribution in [0.4, 0.5) is 26.3 Å². The average Bonchev–Trinajstić information content (AvgIpc) is 0.776. The van der Waals surface area contributed by atoms with Crippen molar-refractivity contribution < 1.29 is 26.3 Å². The van der Waals surface area contributed by atoms with Gasteiger partial charge in [-0.25, -0.2) is 26.3 Å². The van der Waals surface area contributed by atoms with Crippen LogP contribution in [0.15, 0.2) is 350 Å². The molecule has 0 amide bonds. The zero-order valence-electron chi connectivity index (χ0n) is 66.2. The smallest absolute Gasteiger partial charge is 0.280 e. The van der Waals surface area contributed by atoms with Gasteiger partial charge in [0.15, 0.2) is 34.9 Å². The van der Waals surface area contributed by atoms with E-state index in [1.54, 1.807) is 23.1 Å². The maximum absolute atomic E-state index is 14.3. The Labute approximate surface area is 786 Å². The number of fused-ring (bicyclic) bond motifs is 2. The number of nitrogens with two attached hydrogens (primary N) is 4. The van der Waals surface area contributed by atoms with Gasteiger partial charge in [-0.2, -0.15) is 27.0 Å². The van der Waals surface area contributed by atoms with Gasteiger partial charge in [0.25, 0.3) is 5.22 Å².